The summed E-state index contributed by atoms with van der Waals surface area (Å²) in [5.41, 5.74) is 9.10. The lowest BCUT2D eigenvalue weighted by molar-refractivity contribution is -0.118. The molecule has 1 saturated carbocycles. The molecule has 1 aliphatic carbocycles. The number of hydrogen-bond acceptors (Lipinski definition) is 3. The Morgan fingerprint density at radius 1 is 1.39 bits per heavy atom. The zero-order valence-corrected chi connectivity index (χ0v) is 10.6. The second-order valence-corrected chi connectivity index (χ2v) is 4.98. The van der Waals surface area contributed by atoms with Crippen LogP contribution in [0.1, 0.15) is 42.9 Å². The first-order valence-corrected chi connectivity index (χ1v) is 6.34. The lowest BCUT2D eigenvalue weighted by Gasteiger charge is -2.16. The fourth-order valence-electron chi connectivity index (χ4n) is 2.53. The van der Waals surface area contributed by atoms with Gasteiger partial charge in [0, 0.05) is 23.6 Å². The molecular formula is C14H18N2O2. The van der Waals surface area contributed by atoms with Gasteiger partial charge >= 0.3 is 0 Å². The maximum atomic E-state index is 11.2. The van der Waals surface area contributed by atoms with Crippen LogP contribution in [0.25, 0.3) is 0 Å². The first-order chi connectivity index (χ1) is 8.65. The quantitative estimate of drug-likeness (QED) is 0.811. The van der Waals surface area contributed by atoms with E-state index in [4.69, 9.17) is 5.73 Å². The van der Waals surface area contributed by atoms with Gasteiger partial charge in [-0.1, -0.05) is 25.1 Å². The van der Waals surface area contributed by atoms with E-state index in [2.05, 4.69) is 30.3 Å². The highest BCUT2D eigenvalue weighted by atomic mass is 16.3. The van der Waals surface area contributed by atoms with Gasteiger partial charge < -0.3 is 5.73 Å². The van der Waals surface area contributed by atoms with Crippen LogP contribution in [0.4, 0.5) is 0 Å². The summed E-state index contributed by atoms with van der Waals surface area (Å²) >= 11 is 0. The highest BCUT2D eigenvalue weighted by Crippen LogP contribution is 2.51. The third-order valence-electron chi connectivity index (χ3n) is 3.86. The number of aryl methyl sites for hydroxylation is 1. The van der Waals surface area contributed by atoms with Gasteiger partial charge in [-0.05, 0) is 36.0 Å². The highest BCUT2D eigenvalue weighted by Gasteiger charge is 2.46. The molecule has 0 radical (unpaired) electrons. The van der Waals surface area contributed by atoms with Gasteiger partial charge in [0.05, 0.1) is 0 Å². The molecule has 1 aliphatic rings. The van der Waals surface area contributed by atoms with Crippen molar-refractivity contribution in [3.63, 3.8) is 0 Å². The third-order valence-corrected chi connectivity index (χ3v) is 3.86. The minimum Gasteiger partial charge on any atom is -0.326 e. The number of benzene rings is 1. The monoisotopic (exact) mass is 246 g/mol. The minimum atomic E-state index is -0.554. The Hall–Kier alpha value is -1.55. The summed E-state index contributed by atoms with van der Waals surface area (Å²) < 4.78 is 0. The molecule has 0 unspecified atom stereocenters. The number of hydrogen-bond donors (Lipinski definition) is 1. The largest absolute Gasteiger partial charge is 0.326 e. The van der Waals surface area contributed by atoms with Crippen LogP contribution in [0.5, 0.6) is 0 Å². The van der Waals surface area contributed by atoms with Crippen LogP contribution in [0, 0.1) is 4.91 Å². The van der Waals surface area contributed by atoms with E-state index in [0.29, 0.717) is 6.54 Å². The van der Waals surface area contributed by atoms with Crippen molar-refractivity contribution < 1.29 is 4.79 Å². The van der Waals surface area contributed by atoms with Crippen molar-refractivity contribution in [2.75, 3.05) is 0 Å². The molecule has 1 fully saturated rings. The molecule has 0 aliphatic heterocycles. The van der Waals surface area contributed by atoms with Crippen molar-refractivity contribution in [2.24, 2.45) is 10.9 Å². The van der Waals surface area contributed by atoms with Gasteiger partial charge in [0.15, 0.2) is 0 Å². The van der Waals surface area contributed by atoms with E-state index in [-0.39, 0.29) is 11.8 Å². The van der Waals surface area contributed by atoms with E-state index >= 15 is 0 Å². The molecule has 0 aromatic heterocycles. The fourth-order valence-corrected chi connectivity index (χ4v) is 2.53. The summed E-state index contributed by atoms with van der Waals surface area (Å²) in [7, 11) is 0. The van der Waals surface area contributed by atoms with E-state index in [1.54, 1.807) is 0 Å². The number of rotatable bonds is 5. The van der Waals surface area contributed by atoms with E-state index < -0.39 is 5.91 Å². The standard InChI is InChI=1S/C14H18N2O2/c1-2-10-3-4-12(7-11(10)9-15)14(5-6-14)8-13(17)16-18/h3-4,7H,2,5-6,8-9,15H2,1H3. The first-order valence-electron chi connectivity index (χ1n) is 6.34. The molecule has 4 heteroatoms. The van der Waals surface area contributed by atoms with Crippen molar-refractivity contribution in [2.45, 2.75) is 44.6 Å². The summed E-state index contributed by atoms with van der Waals surface area (Å²) in [5.74, 6) is -0.554. The Balaban J connectivity index is 2.28. The number of nitrogens with two attached hydrogens (primary N) is 1. The van der Waals surface area contributed by atoms with E-state index in [1.165, 1.54) is 5.56 Å². The summed E-state index contributed by atoms with van der Waals surface area (Å²) in [6.45, 7) is 2.61. The molecule has 96 valence electrons. The molecule has 2 N–H and O–H groups in total. The van der Waals surface area contributed by atoms with Gasteiger partial charge in [0.25, 0.3) is 5.91 Å². The van der Waals surface area contributed by atoms with Gasteiger partial charge in [-0.15, -0.1) is 4.91 Å². The normalized spacial score (nSPS) is 16.3. The fraction of sp³-hybridized carbons (Fsp3) is 0.500. The number of nitrogens with zero attached hydrogens (tertiary/aromatic N) is 1. The van der Waals surface area contributed by atoms with Gasteiger partial charge in [-0.25, -0.2) is 0 Å². The molecule has 4 nitrogen and oxygen atoms in total. The van der Waals surface area contributed by atoms with Crippen molar-refractivity contribution in [1.82, 2.24) is 0 Å². The molecule has 0 atom stereocenters. The minimum absolute atomic E-state index is 0.152. The summed E-state index contributed by atoms with van der Waals surface area (Å²) in [6.07, 6.45) is 3.08. The van der Waals surface area contributed by atoms with Crippen molar-refractivity contribution in [1.29, 1.82) is 0 Å². The van der Waals surface area contributed by atoms with Gasteiger partial charge in [-0.2, -0.15) is 0 Å². The molecule has 1 aromatic rings. The Morgan fingerprint density at radius 2 is 2.11 bits per heavy atom. The van der Waals surface area contributed by atoms with Crippen molar-refractivity contribution in [3.05, 3.63) is 39.8 Å². The molecular weight excluding hydrogens is 228 g/mol. The number of carbonyl (C=O) groups is 1. The average molecular weight is 246 g/mol. The number of amides is 1. The zero-order valence-electron chi connectivity index (χ0n) is 10.6. The Morgan fingerprint density at radius 3 is 2.61 bits per heavy atom. The van der Waals surface area contributed by atoms with Gasteiger partial charge in [0.1, 0.15) is 0 Å². The SMILES string of the molecule is CCc1ccc(C2(CC(=O)N=O)CC2)cc1CN. The van der Waals surface area contributed by atoms with Crippen LogP contribution in [-0.4, -0.2) is 5.91 Å². The first kappa shape index (κ1) is 12.9. The molecule has 0 spiro atoms. The lowest BCUT2D eigenvalue weighted by atomic mass is 9.89. The number of nitroso groups, excluding NO2 is 1. The maximum Gasteiger partial charge on any atom is 0.287 e. The van der Waals surface area contributed by atoms with Crippen LogP contribution < -0.4 is 5.73 Å². The zero-order chi connectivity index (χ0) is 13.2. The van der Waals surface area contributed by atoms with Crippen LogP contribution in [0.3, 0.4) is 0 Å². The topological polar surface area (TPSA) is 72.5 Å². The van der Waals surface area contributed by atoms with Crippen LogP contribution >= 0.6 is 0 Å². The van der Waals surface area contributed by atoms with Crippen LogP contribution in [0.15, 0.2) is 23.4 Å². The number of carbonyl (C=O) groups excluding carboxylic acids is 1. The van der Waals surface area contributed by atoms with Gasteiger partial charge in [-0.3, -0.25) is 4.79 Å². The van der Waals surface area contributed by atoms with Gasteiger partial charge in [0.2, 0.25) is 0 Å². The smallest absolute Gasteiger partial charge is 0.287 e. The maximum absolute atomic E-state index is 11.2. The van der Waals surface area contributed by atoms with Crippen LogP contribution in [0.2, 0.25) is 0 Å². The Bertz CT molecular complexity index is 479. The Kier molecular flexibility index (Phi) is 3.57. The van der Waals surface area contributed by atoms with E-state index in [1.807, 2.05) is 0 Å². The average Bonchev–Trinajstić information content (AvgIpc) is 3.18. The van der Waals surface area contributed by atoms with Crippen LogP contribution in [-0.2, 0) is 23.2 Å². The summed E-state index contributed by atoms with van der Waals surface area (Å²) in [5, 5.41) is 2.50. The van der Waals surface area contributed by atoms with Crippen molar-refractivity contribution >= 4 is 5.91 Å². The third kappa shape index (κ3) is 2.34. The predicted octanol–water partition coefficient (Wildman–Crippen LogP) is 2.42. The molecule has 0 bridgehead atoms. The van der Waals surface area contributed by atoms with E-state index in [9.17, 15) is 9.70 Å². The molecule has 0 heterocycles. The van der Waals surface area contributed by atoms with E-state index in [0.717, 1.165) is 30.4 Å². The molecule has 0 saturated heterocycles. The second kappa shape index (κ2) is 4.98. The molecule has 1 aromatic carbocycles. The molecule has 1 amide bonds. The molecule has 2 rings (SSSR count). The Labute approximate surface area is 107 Å². The second-order valence-electron chi connectivity index (χ2n) is 4.98. The molecule has 18 heavy (non-hydrogen) atoms. The predicted molar refractivity (Wildman–Crippen MR) is 70.0 cm³/mol. The summed E-state index contributed by atoms with van der Waals surface area (Å²) in [4.78, 5) is 21.5. The van der Waals surface area contributed by atoms with Crippen molar-refractivity contribution in [3.8, 4) is 0 Å². The highest BCUT2D eigenvalue weighted by molar-refractivity contribution is 5.79. The summed E-state index contributed by atoms with van der Waals surface area (Å²) in [6, 6.07) is 6.23. The lowest BCUT2D eigenvalue weighted by Crippen LogP contribution is -2.13.